The van der Waals surface area contributed by atoms with Gasteiger partial charge in [0.15, 0.2) is 12.7 Å². The smallest absolute Gasteiger partial charge is 0.344 e. The van der Waals surface area contributed by atoms with Gasteiger partial charge in [0.2, 0.25) is 0 Å². The number of ether oxygens (including phenoxy) is 2. The van der Waals surface area contributed by atoms with Gasteiger partial charge in [-0.3, -0.25) is 10.1 Å². The van der Waals surface area contributed by atoms with Crippen LogP contribution < -0.4 is 15.8 Å². The fraction of sp³-hybridized carbons (Fsp3) is 0.438. The van der Waals surface area contributed by atoms with E-state index >= 15 is 0 Å². The van der Waals surface area contributed by atoms with Crippen LogP contribution in [-0.2, 0) is 14.3 Å². The third kappa shape index (κ3) is 5.98. The van der Waals surface area contributed by atoms with Crippen LogP contribution in [0.4, 0.5) is 4.79 Å². The Balaban J connectivity index is 2.61. The van der Waals surface area contributed by atoms with Crippen LogP contribution >= 0.6 is 0 Å². The summed E-state index contributed by atoms with van der Waals surface area (Å²) in [6, 6.07) is 4.75. The maximum atomic E-state index is 11.7. The molecule has 0 radical (unpaired) electrons. The normalized spacial score (nSPS) is 11.7. The van der Waals surface area contributed by atoms with E-state index in [9.17, 15) is 14.4 Å². The topological polar surface area (TPSA) is 108 Å². The van der Waals surface area contributed by atoms with Crippen molar-refractivity contribution in [1.82, 2.24) is 5.32 Å². The Kier molecular flexibility index (Phi) is 6.56. The van der Waals surface area contributed by atoms with Gasteiger partial charge in [-0.25, -0.2) is 9.59 Å². The van der Waals surface area contributed by atoms with E-state index in [1.807, 2.05) is 44.3 Å². The fourth-order valence-corrected chi connectivity index (χ4v) is 1.89. The third-order valence-electron chi connectivity index (χ3n) is 3.06. The average molecular weight is 322 g/mol. The van der Waals surface area contributed by atoms with Crippen molar-refractivity contribution >= 4 is 17.9 Å². The van der Waals surface area contributed by atoms with Crippen LogP contribution in [0.15, 0.2) is 18.2 Å². The predicted octanol–water partition coefficient (Wildman–Crippen LogP) is 1.62. The zero-order valence-electron chi connectivity index (χ0n) is 13.7. The zero-order chi connectivity index (χ0) is 17.6. The van der Waals surface area contributed by atoms with Crippen molar-refractivity contribution in [3.8, 4) is 5.75 Å². The second-order valence-corrected chi connectivity index (χ2v) is 5.47. The number of imide groups is 1. The Morgan fingerprint density at radius 1 is 1.22 bits per heavy atom. The van der Waals surface area contributed by atoms with E-state index < -0.39 is 24.0 Å². The van der Waals surface area contributed by atoms with Gasteiger partial charge >= 0.3 is 12.0 Å². The minimum absolute atomic E-state index is 0.238. The zero-order valence-corrected chi connectivity index (χ0v) is 13.7. The van der Waals surface area contributed by atoms with Crippen molar-refractivity contribution < 1.29 is 23.9 Å². The molecule has 126 valence electrons. The summed E-state index contributed by atoms with van der Waals surface area (Å²) in [7, 11) is 0. The molecular formula is C16H22N2O5. The Hall–Kier alpha value is -2.57. The number of carbonyl (C=O) groups excluding carboxylic acids is 3. The van der Waals surface area contributed by atoms with Crippen LogP contribution in [0.3, 0.4) is 0 Å². The Bertz CT molecular complexity index is 598. The minimum atomic E-state index is -1.14. The highest BCUT2D eigenvalue weighted by Crippen LogP contribution is 2.27. The van der Waals surface area contributed by atoms with E-state index in [0.29, 0.717) is 5.75 Å². The second kappa shape index (κ2) is 8.17. The Morgan fingerprint density at radius 3 is 2.43 bits per heavy atom. The number of nitrogens with one attached hydrogen (secondary N) is 1. The molecule has 7 nitrogen and oxygen atoms in total. The number of carbonyl (C=O) groups is 3. The van der Waals surface area contributed by atoms with Crippen molar-refractivity contribution in [2.45, 2.75) is 39.7 Å². The molecule has 0 spiro atoms. The quantitative estimate of drug-likeness (QED) is 0.774. The summed E-state index contributed by atoms with van der Waals surface area (Å²) in [5.41, 5.74) is 6.80. The molecule has 7 heteroatoms. The number of urea groups is 1. The molecule has 1 atom stereocenters. The first kappa shape index (κ1) is 18.5. The summed E-state index contributed by atoms with van der Waals surface area (Å²) in [4.78, 5) is 33.7. The van der Waals surface area contributed by atoms with E-state index in [2.05, 4.69) is 0 Å². The van der Waals surface area contributed by atoms with E-state index in [4.69, 9.17) is 15.2 Å². The van der Waals surface area contributed by atoms with Crippen molar-refractivity contribution in [3.63, 3.8) is 0 Å². The minimum Gasteiger partial charge on any atom is -0.482 e. The molecule has 0 fully saturated rings. The molecule has 0 bridgehead atoms. The van der Waals surface area contributed by atoms with Crippen molar-refractivity contribution in [2.75, 3.05) is 6.61 Å². The number of amides is 3. The molecule has 1 rings (SSSR count). The molecule has 3 N–H and O–H groups in total. The Morgan fingerprint density at radius 2 is 1.87 bits per heavy atom. The van der Waals surface area contributed by atoms with Gasteiger partial charge in [0, 0.05) is 0 Å². The van der Waals surface area contributed by atoms with E-state index in [0.717, 1.165) is 11.1 Å². The monoisotopic (exact) mass is 322 g/mol. The first-order valence-electron chi connectivity index (χ1n) is 7.23. The lowest BCUT2D eigenvalue weighted by Crippen LogP contribution is -2.42. The van der Waals surface area contributed by atoms with E-state index in [1.165, 1.54) is 6.92 Å². The molecule has 0 aliphatic heterocycles. The SMILES string of the molecule is Cc1ccc(C(C)C)c(OCC(=O)O[C@H](C)C(=O)NC(N)=O)c1. The first-order chi connectivity index (χ1) is 10.7. The third-order valence-corrected chi connectivity index (χ3v) is 3.06. The molecule has 0 unspecified atom stereocenters. The predicted molar refractivity (Wildman–Crippen MR) is 84.0 cm³/mol. The van der Waals surface area contributed by atoms with Crippen LogP contribution in [0.5, 0.6) is 5.75 Å². The largest absolute Gasteiger partial charge is 0.482 e. The molecule has 0 aromatic heterocycles. The summed E-state index contributed by atoms with van der Waals surface area (Å²) in [5.74, 6) is -0.661. The fourth-order valence-electron chi connectivity index (χ4n) is 1.89. The highest BCUT2D eigenvalue weighted by Gasteiger charge is 2.19. The first-order valence-corrected chi connectivity index (χ1v) is 7.23. The summed E-state index contributed by atoms with van der Waals surface area (Å²) < 4.78 is 10.4. The standard InChI is InChI=1S/C16H22N2O5/c1-9(2)12-6-5-10(3)7-13(12)22-8-14(19)23-11(4)15(20)18-16(17)21/h5-7,9,11H,8H2,1-4H3,(H3,17,18,20,21)/t11-/m1/s1. The number of primary amides is 1. The number of benzene rings is 1. The second-order valence-electron chi connectivity index (χ2n) is 5.47. The molecule has 1 aromatic carbocycles. The molecule has 0 saturated heterocycles. The molecule has 3 amide bonds. The van der Waals surface area contributed by atoms with Gasteiger partial charge in [-0.2, -0.15) is 0 Å². The number of hydrogen-bond donors (Lipinski definition) is 2. The number of aryl methyl sites for hydroxylation is 1. The summed E-state index contributed by atoms with van der Waals surface area (Å²) in [6.07, 6.45) is -1.14. The van der Waals surface area contributed by atoms with Gasteiger partial charge in [0.25, 0.3) is 5.91 Å². The van der Waals surface area contributed by atoms with Crippen LogP contribution in [-0.4, -0.2) is 30.6 Å². The van der Waals surface area contributed by atoms with Gasteiger partial charge in [0.05, 0.1) is 0 Å². The van der Waals surface area contributed by atoms with Gasteiger partial charge in [-0.05, 0) is 37.0 Å². The van der Waals surface area contributed by atoms with Gasteiger partial charge < -0.3 is 15.2 Å². The number of esters is 1. The molecule has 0 aliphatic carbocycles. The summed E-state index contributed by atoms with van der Waals surface area (Å²) >= 11 is 0. The van der Waals surface area contributed by atoms with Crippen LogP contribution in [0.1, 0.15) is 37.8 Å². The molecule has 23 heavy (non-hydrogen) atoms. The maximum absolute atomic E-state index is 11.7. The summed E-state index contributed by atoms with van der Waals surface area (Å²) in [5, 5.41) is 1.84. The average Bonchev–Trinajstić information content (AvgIpc) is 2.44. The highest BCUT2D eigenvalue weighted by molar-refractivity contribution is 5.96. The van der Waals surface area contributed by atoms with Crippen LogP contribution in [0, 0.1) is 6.92 Å². The lowest BCUT2D eigenvalue weighted by molar-refractivity contribution is -0.156. The molecule has 0 heterocycles. The van der Waals surface area contributed by atoms with Crippen molar-refractivity contribution in [1.29, 1.82) is 0 Å². The van der Waals surface area contributed by atoms with Crippen LogP contribution in [0.25, 0.3) is 0 Å². The van der Waals surface area contributed by atoms with Gasteiger partial charge in [-0.15, -0.1) is 0 Å². The van der Waals surface area contributed by atoms with E-state index in [1.54, 1.807) is 0 Å². The molecule has 1 aromatic rings. The number of rotatable bonds is 6. The lowest BCUT2D eigenvalue weighted by Gasteiger charge is -2.16. The maximum Gasteiger partial charge on any atom is 0.344 e. The molecule has 0 aliphatic rings. The van der Waals surface area contributed by atoms with Gasteiger partial charge in [-0.1, -0.05) is 26.0 Å². The molecule has 0 saturated carbocycles. The summed E-state index contributed by atoms with van der Waals surface area (Å²) in [6.45, 7) is 6.96. The number of hydrogen-bond acceptors (Lipinski definition) is 5. The molecular weight excluding hydrogens is 300 g/mol. The van der Waals surface area contributed by atoms with Gasteiger partial charge in [0.1, 0.15) is 5.75 Å². The Labute approximate surface area is 135 Å². The lowest BCUT2D eigenvalue weighted by atomic mass is 10.0. The van der Waals surface area contributed by atoms with Crippen LogP contribution in [0.2, 0.25) is 0 Å². The highest BCUT2D eigenvalue weighted by atomic mass is 16.6. The van der Waals surface area contributed by atoms with E-state index in [-0.39, 0.29) is 12.5 Å². The van der Waals surface area contributed by atoms with Crippen molar-refractivity contribution in [2.24, 2.45) is 5.73 Å². The van der Waals surface area contributed by atoms with Crippen molar-refractivity contribution in [3.05, 3.63) is 29.3 Å². The number of nitrogens with two attached hydrogens (primary N) is 1.